The third kappa shape index (κ3) is 3.09. The number of halogens is 1. The first-order valence-corrected chi connectivity index (χ1v) is 8.41. The molecule has 0 unspecified atom stereocenters. The Labute approximate surface area is 127 Å². The van der Waals surface area contributed by atoms with Crippen molar-refractivity contribution in [3.05, 3.63) is 58.2 Å². The molecule has 0 heterocycles. The summed E-state index contributed by atoms with van der Waals surface area (Å²) in [7, 11) is -3.49. The van der Waals surface area contributed by atoms with E-state index < -0.39 is 10.0 Å². The summed E-state index contributed by atoms with van der Waals surface area (Å²) in [6, 6.07) is 16.0. The van der Waals surface area contributed by atoms with Crippen molar-refractivity contribution in [3.63, 3.8) is 0 Å². The molecular formula is C14H14INO2S. The van der Waals surface area contributed by atoms with E-state index in [1.165, 1.54) is 4.31 Å². The maximum atomic E-state index is 12.6. The van der Waals surface area contributed by atoms with Crippen molar-refractivity contribution in [2.45, 2.75) is 11.8 Å². The number of anilines is 1. The van der Waals surface area contributed by atoms with Crippen LogP contribution in [0.5, 0.6) is 0 Å². The van der Waals surface area contributed by atoms with Gasteiger partial charge in [0.15, 0.2) is 0 Å². The van der Waals surface area contributed by atoms with Gasteiger partial charge < -0.3 is 0 Å². The van der Waals surface area contributed by atoms with Gasteiger partial charge in [-0.25, -0.2) is 8.42 Å². The number of hydrogen-bond donors (Lipinski definition) is 0. The Bertz CT molecular complexity index is 639. The maximum Gasteiger partial charge on any atom is 0.264 e. The minimum Gasteiger partial charge on any atom is -0.267 e. The van der Waals surface area contributed by atoms with Crippen LogP contribution in [-0.2, 0) is 10.0 Å². The largest absolute Gasteiger partial charge is 0.267 e. The van der Waals surface area contributed by atoms with Crippen LogP contribution in [0.15, 0.2) is 59.5 Å². The Balaban J connectivity index is 2.45. The van der Waals surface area contributed by atoms with Crippen LogP contribution in [-0.4, -0.2) is 15.0 Å². The number of nitrogens with zero attached hydrogens (tertiary/aromatic N) is 1. The number of para-hydroxylation sites is 1. The zero-order valence-electron chi connectivity index (χ0n) is 10.5. The minimum absolute atomic E-state index is 0.318. The molecule has 0 N–H and O–H groups in total. The fourth-order valence-electron chi connectivity index (χ4n) is 1.82. The van der Waals surface area contributed by atoms with Crippen molar-refractivity contribution in [2.75, 3.05) is 10.8 Å². The second-order valence-electron chi connectivity index (χ2n) is 3.96. The molecule has 0 aliphatic carbocycles. The van der Waals surface area contributed by atoms with Crippen LogP contribution >= 0.6 is 22.6 Å². The molecule has 0 bridgehead atoms. The standard InChI is InChI=1S/C14H14INO2S/c1-2-16(13-6-4-3-5-7-13)19(17,18)14-10-8-12(15)9-11-14/h3-11H,2H2,1H3. The summed E-state index contributed by atoms with van der Waals surface area (Å²) in [5.41, 5.74) is 0.684. The Morgan fingerprint density at radius 1 is 1.00 bits per heavy atom. The first kappa shape index (κ1) is 14.3. The van der Waals surface area contributed by atoms with E-state index in [1.54, 1.807) is 36.4 Å². The number of rotatable bonds is 4. The van der Waals surface area contributed by atoms with Gasteiger partial charge in [-0.2, -0.15) is 0 Å². The third-order valence-corrected chi connectivity index (χ3v) is 5.37. The molecule has 5 heteroatoms. The van der Waals surface area contributed by atoms with Crippen molar-refractivity contribution in [1.29, 1.82) is 0 Å². The highest BCUT2D eigenvalue weighted by Gasteiger charge is 2.22. The lowest BCUT2D eigenvalue weighted by atomic mass is 10.3. The van der Waals surface area contributed by atoms with E-state index in [9.17, 15) is 8.42 Å². The Kier molecular flexibility index (Phi) is 4.46. The lowest BCUT2D eigenvalue weighted by Crippen LogP contribution is -2.30. The highest BCUT2D eigenvalue weighted by Crippen LogP contribution is 2.23. The lowest BCUT2D eigenvalue weighted by Gasteiger charge is -2.22. The predicted molar refractivity (Wildman–Crippen MR) is 85.8 cm³/mol. The monoisotopic (exact) mass is 387 g/mol. The van der Waals surface area contributed by atoms with E-state index in [-0.39, 0.29) is 0 Å². The highest BCUT2D eigenvalue weighted by molar-refractivity contribution is 14.1. The fraction of sp³-hybridized carbons (Fsp3) is 0.143. The minimum atomic E-state index is -3.49. The van der Waals surface area contributed by atoms with E-state index in [1.807, 2.05) is 25.1 Å². The molecule has 0 saturated carbocycles. The second-order valence-corrected chi connectivity index (χ2v) is 7.07. The lowest BCUT2D eigenvalue weighted by molar-refractivity contribution is 0.592. The molecular weight excluding hydrogens is 373 g/mol. The Morgan fingerprint density at radius 3 is 2.11 bits per heavy atom. The third-order valence-electron chi connectivity index (χ3n) is 2.73. The molecule has 19 heavy (non-hydrogen) atoms. The first-order chi connectivity index (χ1) is 9.05. The average Bonchev–Trinajstić information content (AvgIpc) is 2.41. The summed E-state index contributed by atoms with van der Waals surface area (Å²) in [6.07, 6.45) is 0. The van der Waals surface area contributed by atoms with Crippen LogP contribution in [0.1, 0.15) is 6.92 Å². The molecule has 2 aromatic carbocycles. The molecule has 0 aliphatic heterocycles. The molecule has 0 radical (unpaired) electrons. The quantitative estimate of drug-likeness (QED) is 0.754. The Hall–Kier alpha value is -1.08. The van der Waals surface area contributed by atoms with Gasteiger partial charge in [0.1, 0.15) is 0 Å². The average molecular weight is 387 g/mol. The summed E-state index contributed by atoms with van der Waals surface area (Å²) >= 11 is 2.15. The predicted octanol–water partition coefficient (Wildman–Crippen LogP) is 3.51. The molecule has 0 amide bonds. The van der Waals surface area contributed by atoms with Crippen molar-refractivity contribution >= 4 is 38.3 Å². The zero-order valence-corrected chi connectivity index (χ0v) is 13.4. The molecule has 2 aromatic rings. The molecule has 3 nitrogen and oxygen atoms in total. The van der Waals surface area contributed by atoms with Crippen molar-refractivity contribution in [1.82, 2.24) is 0 Å². The molecule has 0 aromatic heterocycles. The van der Waals surface area contributed by atoms with Gasteiger partial charge >= 0.3 is 0 Å². The molecule has 0 saturated heterocycles. The Morgan fingerprint density at radius 2 is 1.58 bits per heavy atom. The summed E-state index contributed by atoms with van der Waals surface area (Å²) in [5.74, 6) is 0. The van der Waals surface area contributed by atoms with E-state index in [2.05, 4.69) is 22.6 Å². The first-order valence-electron chi connectivity index (χ1n) is 5.89. The summed E-state index contributed by atoms with van der Waals surface area (Å²) in [4.78, 5) is 0.318. The molecule has 2 rings (SSSR count). The van der Waals surface area contributed by atoms with Gasteiger partial charge in [-0.3, -0.25) is 4.31 Å². The van der Waals surface area contributed by atoms with Crippen molar-refractivity contribution in [3.8, 4) is 0 Å². The van der Waals surface area contributed by atoms with Crippen LogP contribution in [0, 0.1) is 3.57 Å². The smallest absolute Gasteiger partial charge is 0.264 e. The second kappa shape index (κ2) is 5.92. The SMILES string of the molecule is CCN(c1ccccc1)S(=O)(=O)c1ccc(I)cc1. The van der Waals surface area contributed by atoms with Crippen LogP contribution < -0.4 is 4.31 Å². The highest BCUT2D eigenvalue weighted by atomic mass is 127. The molecule has 0 aliphatic rings. The fourth-order valence-corrected chi connectivity index (χ4v) is 3.65. The van der Waals surface area contributed by atoms with Crippen LogP contribution in [0.25, 0.3) is 0 Å². The number of hydrogen-bond acceptors (Lipinski definition) is 2. The molecule has 0 atom stereocenters. The van der Waals surface area contributed by atoms with Gasteiger partial charge in [-0.1, -0.05) is 18.2 Å². The summed E-state index contributed by atoms with van der Waals surface area (Å²) in [6.45, 7) is 2.23. The number of sulfonamides is 1. The van der Waals surface area contributed by atoms with Crippen LogP contribution in [0.3, 0.4) is 0 Å². The van der Waals surface area contributed by atoms with Crippen molar-refractivity contribution in [2.24, 2.45) is 0 Å². The number of benzene rings is 2. The van der Waals surface area contributed by atoms with Crippen LogP contribution in [0.4, 0.5) is 5.69 Å². The van der Waals surface area contributed by atoms with Crippen molar-refractivity contribution < 1.29 is 8.42 Å². The van der Waals surface area contributed by atoms with Gasteiger partial charge in [-0.15, -0.1) is 0 Å². The topological polar surface area (TPSA) is 37.4 Å². The molecule has 0 fully saturated rings. The zero-order chi connectivity index (χ0) is 13.9. The molecule has 0 spiro atoms. The van der Waals surface area contributed by atoms with Crippen LogP contribution in [0.2, 0.25) is 0 Å². The van der Waals surface area contributed by atoms with E-state index in [0.29, 0.717) is 17.1 Å². The maximum absolute atomic E-state index is 12.6. The van der Waals surface area contributed by atoms with Gasteiger partial charge in [-0.05, 0) is 65.9 Å². The summed E-state index contributed by atoms with van der Waals surface area (Å²) < 4.78 is 27.6. The normalized spacial score (nSPS) is 11.3. The molecule has 100 valence electrons. The van der Waals surface area contributed by atoms with E-state index in [0.717, 1.165) is 3.57 Å². The van der Waals surface area contributed by atoms with Gasteiger partial charge in [0.25, 0.3) is 10.0 Å². The van der Waals surface area contributed by atoms with E-state index >= 15 is 0 Å². The summed E-state index contributed by atoms with van der Waals surface area (Å²) in [5, 5.41) is 0. The van der Waals surface area contributed by atoms with Gasteiger partial charge in [0.05, 0.1) is 10.6 Å². The van der Waals surface area contributed by atoms with Gasteiger partial charge in [0, 0.05) is 10.1 Å². The van der Waals surface area contributed by atoms with Gasteiger partial charge in [0.2, 0.25) is 0 Å². The van der Waals surface area contributed by atoms with E-state index in [4.69, 9.17) is 0 Å².